The van der Waals surface area contributed by atoms with Gasteiger partial charge in [0.05, 0.1) is 5.71 Å². The molecular formula is C9H9N5O2S. The normalized spacial score (nSPS) is 11.5. The molecule has 88 valence electrons. The van der Waals surface area contributed by atoms with Crippen LogP contribution in [0.4, 0.5) is 5.82 Å². The minimum Gasteiger partial charge on any atom is -0.379 e. The van der Waals surface area contributed by atoms with Crippen LogP contribution < -0.4 is 11.2 Å². The molecule has 2 aromatic heterocycles. The Morgan fingerprint density at radius 3 is 3.00 bits per heavy atom. The Hall–Kier alpha value is -2.22. The van der Waals surface area contributed by atoms with Gasteiger partial charge in [-0.1, -0.05) is 6.07 Å². The second-order valence-electron chi connectivity index (χ2n) is 3.11. The standard InChI is InChI=1S/C9H9N5O2S/c1-5(6-3-2-4-17-6)11-12-9(15)7-8(10)14-16-13-7/h2-4H,1H3,(H2,10,14)(H,12,15)/b11-5+. The first-order chi connectivity index (χ1) is 8.18. The van der Waals surface area contributed by atoms with Gasteiger partial charge >= 0.3 is 0 Å². The third-order valence-electron chi connectivity index (χ3n) is 1.93. The van der Waals surface area contributed by atoms with Crippen molar-refractivity contribution in [3.8, 4) is 0 Å². The molecule has 1 amide bonds. The van der Waals surface area contributed by atoms with Crippen LogP contribution in [0.1, 0.15) is 22.3 Å². The topological polar surface area (TPSA) is 106 Å². The van der Waals surface area contributed by atoms with E-state index in [0.29, 0.717) is 5.71 Å². The zero-order valence-electron chi connectivity index (χ0n) is 8.88. The van der Waals surface area contributed by atoms with E-state index in [1.54, 1.807) is 6.92 Å². The van der Waals surface area contributed by atoms with Gasteiger partial charge in [0.2, 0.25) is 11.5 Å². The summed E-state index contributed by atoms with van der Waals surface area (Å²) in [6, 6.07) is 3.81. The van der Waals surface area contributed by atoms with Crippen LogP contribution in [0.15, 0.2) is 27.2 Å². The molecule has 7 nitrogen and oxygen atoms in total. The summed E-state index contributed by atoms with van der Waals surface area (Å²) in [5, 5.41) is 12.5. The van der Waals surface area contributed by atoms with Crippen molar-refractivity contribution >= 4 is 28.8 Å². The van der Waals surface area contributed by atoms with Gasteiger partial charge in [-0.15, -0.1) is 11.3 Å². The molecule has 2 rings (SSSR count). The SMILES string of the molecule is C/C(=N\NC(=O)c1nonc1N)c1cccs1. The van der Waals surface area contributed by atoms with Crippen LogP contribution in [0.2, 0.25) is 0 Å². The lowest BCUT2D eigenvalue weighted by atomic mass is 10.3. The summed E-state index contributed by atoms with van der Waals surface area (Å²) in [7, 11) is 0. The number of carbonyl (C=O) groups is 1. The Labute approximate surface area is 100 Å². The number of aromatic nitrogens is 2. The van der Waals surface area contributed by atoms with Crippen LogP contribution in [0.5, 0.6) is 0 Å². The van der Waals surface area contributed by atoms with E-state index in [0.717, 1.165) is 4.88 Å². The molecule has 0 bridgehead atoms. The molecule has 0 aliphatic rings. The molecule has 0 aliphatic carbocycles. The minimum absolute atomic E-state index is 0.0634. The monoisotopic (exact) mass is 251 g/mol. The highest BCUT2D eigenvalue weighted by molar-refractivity contribution is 7.12. The number of nitrogen functional groups attached to an aromatic ring is 1. The average molecular weight is 251 g/mol. The molecule has 0 fully saturated rings. The number of anilines is 1. The minimum atomic E-state index is -0.556. The summed E-state index contributed by atoms with van der Waals surface area (Å²) >= 11 is 1.53. The number of thiophene rings is 1. The Balaban J connectivity index is 2.06. The summed E-state index contributed by atoms with van der Waals surface area (Å²) in [5.74, 6) is -0.619. The molecule has 8 heteroatoms. The molecule has 17 heavy (non-hydrogen) atoms. The fourth-order valence-corrected chi connectivity index (χ4v) is 1.76. The number of nitrogens with two attached hydrogens (primary N) is 1. The summed E-state index contributed by atoms with van der Waals surface area (Å²) in [6.07, 6.45) is 0. The molecule has 0 aliphatic heterocycles. The maximum atomic E-state index is 11.5. The predicted molar refractivity (Wildman–Crippen MR) is 62.7 cm³/mol. The smallest absolute Gasteiger partial charge is 0.297 e. The van der Waals surface area contributed by atoms with Gasteiger partial charge in [0.1, 0.15) is 0 Å². The lowest BCUT2D eigenvalue weighted by Gasteiger charge is -1.98. The van der Waals surface area contributed by atoms with Gasteiger partial charge < -0.3 is 5.73 Å². The van der Waals surface area contributed by atoms with Crippen LogP contribution >= 0.6 is 11.3 Å². The molecule has 0 spiro atoms. The number of hydrogen-bond donors (Lipinski definition) is 2. The summed E-state index contributed by atoms with van der Waals surface area (Å²) in [5.41, 5.74) is 8.32. The molecular weight excluding hydrogens is 242 g/mol. The lowest BCUT2D eigenvalue weighted by Crippen LogP contribution is -2.20. The highest BCUT2D eigenvalue weighted by Crippen LogP contribution is 2.09. The molecule has 0 unspecified atom stereocenters. The summed E-state index contributed by atoms with van der Waals surface area (Å²) < 4.78 is 4.31. The van der Waals surface area contributed by atoms with E-state index in [1.165, 1.54) is 11.3 Å². The van der Waals surface area contributed by atoms with Gasteiger partial charge in [-0.3, -0.25) is 4.79 Å². The van der Waals surface area contributed by atoms with Crippen molar-refractivity contribution < 1.29 is 9.42 Å². The quantitative estimate of drug-likeness (QED) is 0.621. The van der Waals surface area contributed by atoms with Crippen LogP contribution in [-0.2, 0) is 0 Å². The first kappa shape index (κ1) is 11.3. The third kappa shape index (κ3) is 2.48. The zero-order chi connectivity index (χ0) is 12.3. The van der Waals surface area contributed by atoms with Crippen LogP contribution in [0.3, 0.4) is 0 Å². The maximum absolute atomic E-state index is 11.5. The maximum Gasteiger partial charge on any atom is 0.297 e. The summed E-state index contributed by atoms with van der Waals surface area (Å²) in [6.45, 7) is 1.79. The van der Waals surface area contributed by atoms with Crippen molar-refractivity contribution in [2.45, 2.75) is 6.92 Å². The molecule has 3 N–H and O–H groups in total. The van der Waals surface area contributed by atoms with Gasteiger partial charge in [0.15, 0.2) is 0 Å². The fourth-order valence-electron chi connectivity index (χ4n) is 1.08. The second kappa shape index (κ2) is 4.74. The van der Waals surface area contributed by atoms with E-state index in [-0.39, 0.29) is 11.5 Å². The number of rotatable bonds is 3. The highest BCUT2D eigenvalue weighted by Gasteiger charge is 2.15. The van der Waals surface area contributed by atoms with Gasteiger partial charge in [0.25, 0.3) is 5.91 Å². The number of nitrogens with one attached hydrogen (secondary N) is 1. The largest absolute Gasteiger partial charge is 0.379 e. The van der Waals surface area contributed by atoms with Crippen LogP contribution in [-0.4, -0.2) is 21.9 Å². The molecule has 0 aromatic carbocycles. The number of nitrogens with zero attached hydrogens (tertiary/aromatic N) is 3. The molecule has 2 heterocycles. The van der Waals surface area contributed by atoms with Crippen molar-refractivity contribution in [1.29, 1.82) is 0 Å². The molecule has 0 saturated heterocycles. The van der Waals surface area contributed by atoms with Crippen molar-refractivity contribution in [3.05, 3.63) is 28.1 Å². The molecule has 0 radical (unpaired) electrons. The number of hydrazone groups is 1. The van der Waals surface area contributed by atoms with E-state index >= 15 is 0 Å². The first-order valence-electron chi connectivity index (χ1n) is 4.65. The second-order valence-corrected chi connectivity index (χ2v) is 4.06. The van der Waals surface area contributed by atoms with Gasteiger partial charge in [-0.05, 0) is 28.7 Å². The van der Waals surface area contributed by atoms with Crippen LogP contribution in [0, 0.1) is 0 Å². The summed E-state index contributed by atoms with van der Waals surface area (Å²) in [4.78, 5) is 12.5. The van der Waals surface area contributed by atoms with Crippen molar-refractivity contribution in [2.75, 3.05) is 5.73 Å². The van der Waals surface area contributed by atoms with E-state index in [1.807, 2.05) is 17.5 Å². The zero-order valence-corrected chi connectivity index (χ0v) is 9.69. The highest BCUT2D eigenvalue weighted by atomic mass is 32.1. The fraction of sp³-hybridized carbons (Fsp3) is 0.111. The predicted octanol–water partition coefficient (Wildman–Crippen LogP) is 0.867. The van der Waals surface area contributed by atoms with Gasteiger partial charge in [-0.2, -0.15) is 5.10 Å². The Bertz CT molecular complexity index is 545. The van der Waals surface area contributed by atoms with E-state index < -0.39 is 5.91 Å². The van der Waals surface area contributed by atoms with Crippen molar-refractivity contribution in [1.82, 2.24) is 15.7 Å². The van der Waals surface area contributed by atoms with E-state index in [9.17, 15) is 4.79 Å². The first-order valence-corrected chi connectivity index (χ1v) is 5.53. The lowest BCUT2D eigenvalue weighted by molar-refractivity contribution is 0.0945. The van der Waals surface area contributed by atoms with Crippen molar-refractivity contribution in [2.24, 2.45) is 5.10 Å². The number of carbonyl (C=O) groups excluding carboxylic acids is 1. The van der Waals surface area contributed by atoms with E-state index in [4.69, 9.17) is 5.73 Å². The number of amides is 1. The van der Waals surface area contributed by atoms with Gasteiger partial charge in [0, 0.05) is 4.88 Å². The van der Waals surface area contributed by atoms with Crippen molar-refractivity contribution in [3.63, 3.8) is 0 Å². The van der Waals surface area contributed by atoms with Crippen LogP contribution in [0.25, 0.3) is 0 Å². The molecule has 0 saturated carbocycles. The van der Waals surface area contributed by atoms with E-state index in [2.05, 4.69) is 25.5 Å². The number of hydrogen-bond acceptors (Lipinski definition) is 7. The average Bonchev–Trinajstić information content (AvgIpc) is 2.95. The van der Waals surface area contributed by atoms with Gasteiger partial charge in [-0.25, -0.2) is 10.1 Å². The molecule has 0 atom stereocenters. The Morgan fingerprint density at radius 1 is 1.59 bits per heavy atom. The Kier molecular flexibility index (Phi) is 3.15. The Morgan fingerprint density at radius 2 is 2.41 bits per heavy atom. The third-order valence-corrected chi connectivity index (χ3v) is 2.91. The molecule has 2 aromatic rings.